The average Bonchev–Trinajstić information content (AvgIpc) is 2.77. The molecule has 0 aliphatic heterocycles. The van der Waals surface area contributed by atoms with Crippen LogP contribution < -0.4 is 11.1 Å². The molecule has 0 bridgehead atoms. The molecule has 0 heterocycles. The number of nitrogens with zero attached hydrogens (tertiary/aromatic N) is 1. The lowest BCUT2D eigenvalue weighted by molar-refractivity contribution is -0.126. The van der Waals surface area contributed by atoms with E-state index in [-0.39, 0.29) is 11.9 Å². The van der Waals surface area contributed by atoms with E-state index in [9.17, 15) is 4.79 Å². The van der Waals surface area contributed by atoms with Gasteiger partial charge in [0.1, 0.15) is 5.54 Å². The lowest BCUT2D eigenvalue weighted by Crippen LogP contribution is -2.60. The van der Waals surface area contributed by atoms with Gasteiger partial charge in [0.05, 0.1) is 0 Å². The van der Waals surface area contributed by atoms with E-state index in [1.807, 2.05) is 0 Å². The third kappa shape index (κ3) is 4.68. The molecule has 0 spiro atoms. The second kappa shape index (κ2) is 8.14. The van der Waals surface area contributed by atoms with Gasteiger partial charge in [0.2, 0.25) is 5.91 Å². The standard InChI is InChI=1S/C17H35N3O/c1-6-11-20(14(4)5)12-9-15-8-7-10-17(15,16(18)21)19-13(2)3/h13-15,19H,6-12H2,1-5H3,(H2,18,21). The van der Waals surface area contributed by atoms with Crippen LogP contribution in [-0.4, -0.2) is 41.5 Å². The normalized spacial score (nSPS) is 26.2. The first-order chi connectivity index (χ1) is 9.83. The van der Waals surface area contributed by atoms with Gasteiger partial charge in [-0.25, -0.2) is 0 Å². The zero-order valence-electron chi connectivity index (χ0n) is 14.6. The highest BCUT2D eigenvalue weighted by molar-refractivity contribution is 5.85. The first-order valence-corrected chi connectivity index (χ1v) is 8.65. The fourth-order valence-electron chi connectivity index (χ4n) is 3.81. The molecule has 21 heavy (non-hydrogen) atoms. The number of amides is 1. The van der Waals surface area contributed by atoms with Crippen LogP contribution in [0.1, 0.15) is 66.7 Å². The molecule has 1 aliphatic carbocycles. The minimum absolute atomic E-state index is 0.162. The number of nitrogens with one attached hydrogen (secondary N) is 1. The Kier molecular flexibility index (Phi) is 7.14. The molecule has 4 nitrogen and oxygen atoms in total. The van der Waals surface area contributed by atoms with Gasteiger partial charge in [0.25, 0.3) is 0 Å². The summed E-state index contributed by atoms with van der Waals surface area (Å²) in [6.07, 6.45) is 5.33. The molecule has 1 amide bonds. The van der Waals surface area contributed by atoms with Crippen LogP contribution in [0.3, 0.4) is 0 Å². The first-order valence-electron chi connectivity index (χ1n) is 8.65. The Morgan fingerprint density at radius 3 is 2.48 bits per heavy atom. The van der Waals surface area contributed by atoms with Crippen molar-refractivity contribution in [2.45, 2.75) is 84.3 Å². The summed E-state index contributed by atoms with van der Waals surface area (Å²) < 4.78 is 0. The lowest BCUT2D eigenvalue weighted by Gasteiger charge is -2.37. The van der Waals surface area contributed by atoms with E-state index in [4.69, 9.17) is 5.73 Å². The third-order valence-corrected chi connectivity index (χ3v) is 4.81. The van der Waals surface area contributed by atoms with Crippen LogP contribution >= 0.6 is 0 Å². The predicted molar refractivity (Wildman–Crippen MR) is 89.2 cm³/mol. The molecule has 1 rings (SSSR count). The summed E-state index contributed by atoms with van der Waals surface area (Å²) >= 11 is 0. The van der Waals surface area contributed by atoms with Gasteiger partial charge in [-0.2, -0.15) is 0 Å². The van der Waals surface area contributed by atoms with E-state index >= 15 is 0 Å². The summed E-state index contributed by atoms with van der Waals surface area (Å²) in [5, 5.41) is 3.50. The molecule has 3 N–H and O–H groups in total. The molecule has 0 aromatic rings. The Hall–Kier alpha value is -0.610. The monoisotopic (exact) mass is 297 g/mol. The fourth-order valence-corrected chi connectivity index (χ4v) is 3.81. The van der Waals surface area contributed by atoms with Crippen LogP contribution in [0.4, 0.5) is 0 Å². The number of primary amides is 1. The number of rotatable bonds is 9. The second-order valence-corrected chi connectivity index (χ2v) is 7.14. The van der Waals surface area contributed by atoms with Crippen molar-refractivity contribution in [3.05, 3.63) is 0 Å². The van der Waals surface area contributed by atoms with Crippen LogP contribution in [0, 0.1) is 5.92 Å². The van der Waals surface area contributed by atoms with Crippen LogP contribution in [-0.2, 0) is 4.79 Å². The summed E-state index contributed by atoms with van der Waals surface area (Å²) in [6.45, 7) is 13.1. The average molecular weight is 297 g/mol. The van der Waals surface area contributed by atoms with Gasteiger partial charge in [-0.3, -0.25) is 4.79 Å². The zero-order chi connectivity index (χ0) is 16.0. The van der Waals surface area contributed by atoms with Gasteiger partial charge in [0, 0.05) is 12.1 Å². The topological polar surface area (TPSA) is 58.4 Å². The molecule has 2 atom stereocenters. The van der Waals surface area contributed by atoms with Gasteiger partial charge >= 0.3 is 0 Å². The predicted octanol–water partition coefficient (Wildman–Crippen LogP) is 2.52. The van der Waals surface area contributed by atoms with Crippen molar-refractivity contribution in [3.8, 4) is 0 Å². The molecule has 0 aromatic heterocycles. The van der Waals surface area contributed by atoms with Crippen molar-refractivity contribution in [2.24, 2.45) is 11.7 Å². The highest BCUT2D eigenvalue weighted by atomic mass is 16.1. The van der Waals surface area contributed by atoms with Crippen LogP contribution in [0.5, 0.6) is 0 Å². The number of hydrogen-bond acceptors (Lipinski definition) is 3. The van der Waals surface area contributed by atoms with E-state index in [0.29, 0.717) is 12.0 Å². The molecule has 124 valence electrons. The highest BCUT2D eigenvalue weighted by Crippen LogP contribution is 2.38. The van der Waals surface area contributed by atoms with Crippen molar-refractivity contribution in [1.29, 1.82) is 0 Å². The largest absolute Gasteiger partial charge is 0.368 e. The quantitative estimate of drug-likeness (QED) is 0.687. The van der Waals surface area contributed by atoms with Crippen molar-refractivity contribution < 1.29 is 4.79 Å². The van der Waals surface area contributed by atoms with Crippen molar-refractivity contribution in [2.75, 3.05) is 13.1 Å². The SMILES string of the molecule is CCCN(CCC1CCCC1(NC(C)C)C(N)=O)C(C)C. The minimum Gasteiger partial charge on any atom is -0.368 e. The van der Waals surface area contributed by atoms with Crippen LogP contribution in [0.25, 0.3) is 0 Å². The molecule has 1 aliphatic rings. The van der Waals surface area contributed by atoms with Gasteiger partial charge in [-0.05, 0) is 72.4 Å². The van der Waals surface area contributed by atoms with Crippen molar-refractivity contribution in [1.82, 2.24) is 10.2 Å². The zero-order valence-corrected chi connectivity index (χ0v) is 14.6. The number of carbonyl (C=O) groups is 1. The third-order valence-electron chi connectivity index (χ3n) is 4.81. The Morgan fingerprint density at radius 1 is 1.33 bits per heavy atom. The Morgan fingerprint density at radius 2 is 2.00 bits per heavy atom. The molecular weight excluding hydrogens is 262 g/mol. The van der Waals surface area contributed by atoms with Gasteiger partial charge in [-0.15, -0.1) is 0 Å². The molecule has 0 saturated heterocycles. The van der Waals surface area contributed by atoms with E-state index < -0.39 is 5.54 Å². The number of carbonyl (C=O) groups excluding carboxylic acids is 1. The van der Waals surface area contributed by atoms with Crippen molar-refractivity contribution in [3.63, 3.8) is 0 Å². The maximum absolute atomic E-state index is 12.1. The molecule has 2 unspecified atom stereocenters. The highest BCUT2D eigenvalue weighted by Gasteiger charge is 2.47. The van der Waals surface area contributed by atoms with E-state index in [2.05, 4.69) is 44.8 Å². The molecule has 1 saturated carbocycles. The summed E-state index contributed by atoms with van der Waals surface area (Å²) in [5.41, 5.74) is 5.30. The molecule has 0 aromatic carbocycles. The first kappa shape index (κ1) is 18.4. The summed E-state index contributed by atoms with van der Waals surface area (Å²) in [5.74, 6) is 0.209. The van der Waals surface area contributed by atoms with Gasteiger partial charge in [0.15, 0.2) is 0 Å². The number of nitrogens with two attached hydrogens (primary N) is 1. The maximum Gasteiger partial charge on any atom is 0.238 e. The summed E-state index contributed by atoms with van der Waals surface area (Å²) in [7, 11) is 0. The fraction of sp³-hybridized carbons (Fsp3) is 0.941. The summed E-state index contributed by atoms with van der Waals surface area (Å²) in [4.78, 5) is 14.6. The smallest absolute Gasteiger partial charge is 0.238 e. The molecule has 0 radical (unpaired) electrons. The second-order valence-electron chi connectivity index (χ2n) is 7.14. The Labute approximate surface area is 130 Å². The molecular formula is C17H35N3O. The maximum atomic E-state index is 12.1. The van der Waals surface area contributed by atoms with E-state index in [1.165, 1.54) is 6.42 Å². The summed E-state index contributed by atoms with van der Waals surface area (Å²) in [6, 6.07) is 0.849. The van der Waals surface area contributed by atoms with Crippen LogP contribution in [0.2, 0.25) is 0 Å². The Bertz CT molecular complexity index is 330. The van der Waals surface area contributed by atoms with E-state index in [0.717, 1.165) is 38.8 Å². The van der Waals surface area contributed by atoms with Gasteiger partial charge < -0.3 is 16.0 Å². The Balaban J connectivity index is 2.72. The minimum atomic E-state index is -0.483. The van der Waals surface area contributed by atoms with Crippen LogP contribution in [0.15, 0.2) is 0 Å². The number of hydrogen-bond donors (Lipinski definition) is 2. The van der Waals surface area contributed by atoms with Crippen molar-refractivity contribution >= 4 is 5.91 Å². The van der Waals surface area contributed by atoms with E-state index in [1.54, 1.807) is 0 Å². The lowest BCUT2D eigenvalue weighted by atomic mass is 9.83. The van der Waals surface area contributed by atoms with Gasteiger partial charge in [-0.1, -0.05) is 13.3 Å². The molecule has 1 fully saturated rings. The molecule has 4 heteroatoms.